The molecule has 2 aromatic rings. The molecule has 3 rings (SSSR count). The van der Waals surface area contributed by atoms with E-state index in [4.69, 9.17) is 11.6 Å². The molecule has 1 aliphatic rings. The molecule has 0 bridgehead atoms. The molecule has 1 aromatic carbocycles. The summed E-state index contributed by atoms with van der Waals surface area (Å²) in [6, 6.07) is 10.1. The molecule has 0 saturated heterocycles. The van der Waals surface area contributed by atoms with E-state index < -0.39 is 0 Å². The van der Waals surface area contributed by atoms with Crippen LogP contribution in [-0.4, -0.2) is 21.7 Å². The van der Waals surface area contributed by atoms with Crippen LogP contribution >= 0.6 is 27.5 Å². The summed E-state index contributed by atoms with van der Waals surface area (Å²) < 4.78 is 0.764. The highest BCUT2D eigenvalue weighted by molar-refractivity contribution is 9.10. The van der Waals surface area contributed by atoms with Gasteiger partial charge in [-0.15, -0.1) is 0 Å². The lowest BCUT2D eigenvalue weighted by molar-refractivity contribution is 0.0640. The molecule has 6 heteroatoms. The van der Waals surface area contributed by atoms with Crippen LogP contribution in [0.3, 0.4) is 0 Å². The van der Waals surface area contributed by atoms with Gasteiger partial charge in [0.15, 0.2) is 0 Å². The first kappa shape index (κ1) is 13.3. The zero-order chi connectivity index (χ0) is 14.3. The second-order valence-electron chi connectivity index (χ2n) is 4.34. The lowest BCUT2D eigenvalue weighted by atomic mass is 10.1. The van der Waals surface area contributed by atoms with Crippen LogP contribution < -0.4 is 0 Å². The highest BCUT2D eigenvalue weighted by Crippen LogP contribution is 2.27. The van der Waals surface area contributed by atoms with E-state index in [1.807, 2.05) is 0 Å². The summed E-state index contributed by atoms with van der Waals surface area (Å²) in [5, 5.41) is 0.335. The number of carbonyl (C=O) groups excluding carboxylic acids is 2. The largest absolute Gasteiger partial charge is 0.269 e. The lowest BCUT2D eigenvalue weighted by Gasteiger charge is -2.13. The maximum absolute atomic E-state index is 12.3. The Balaban J connectivity index is 1.94. The molecule has 4 nitrogen and oxygen atoms in total. The Hall–Kier alpha value is -1.72. The number of hydrogen-bond acceptors (Lipinski definition) is 3. The van der Waals surface area contributed by atoms with Crippen LogP contribution in [0, 0.1) is 0 Å². The fraction of sp³-hybridized carbons (Fsp3) is 0.0714. The summed E-state index contributed by atoms with van der Waals surface area (Å²) in [5.74, 6) is -0.618. The zero-order valence-corrected chi connectivity index (χ0v) is 12.5. The Morgan fingerprint density at radius 2 is 1.85 bits per heavy atom. The maximum atomic E-state index is 12.3. The number of pyridine rings is 1. The van der Waals surface area contributed by atoms with Gasteiger partial charge in [-0.2, -0.15) is 0 Å². The van der Waals surface area contributed by atoms with E-state index in [-0.39, 0.29) is 18.4 Å². The van der Waals surface area contributed by atoms with Gasteiger partial charge in [-0.3, -0.25) is 14.5 Å². The van der Waals surface area contributed by atoms with Gasteiger partial charge in [0.1, 0.15) is 5.15 Å². The molecule has 20 heavy (non-hydrogen) atoms. The van der Waals surface area contributed by atoms with E-state index in [1.54, 1.807) is 36.4 Å². The molecule has 1 aromatic heterocycles. The number of nitrogens with zero attached hydrogens (tertiary/aromatic N) is 2. The lowest BCUT2D eigenvalue weighted by Crippen LogP contribution is -2.29. The van der Waals surface area contributed by atoms with Crippen LogP contribution in [0.25, 0.3) is 0 Å². The van der Waals surface area contributed by atoms with Crippen molar-refractivity contribution < 1.29 is 9.59 Å². The summed E-state index contributed by atoms with van der Waals surface area (Å²) in [5.41, 5.74) is 1.40. The van der Waals surface area contributed by atoms with E-state index in [0.717, 1.165) is 4.47 Å². The fourth-order valence-electron chi connectivity index (χ4n) is 2.11. The van der Waals surface area contributed by atoms with Crippen LogP contribution in [0.5, 0.6) is 0 Å². The first-order valence-electron chi connectivity index (χ1n) is 5.83. The zero-order valence-electron chi connectivity index (χ0n) is 10.1. The summed E-state index contributed by atoms with van der Waals surface area (Å²) >= 11 is 9.10. The van der Waals surface area contributed by atoms with Crippen LogP contribution in [-0.2, 0) is 6.54 Å². The van der Waals surface area contributed by atoms with Crippen LogP contribution in [0.4, 0.5) is 0 Å². The SMILES string of the molecule is O=C1c2ccc(Br)cc2C(=O)N1Cc1cccc(Cl)n1. The molecule has 1 aliphatic heterocycles. The molecule has 0 N–H and O–H groups in total. The van der Waals surface area contributed by atoms with Crippen molar-refractivity contribution in [2.45, 2.75) is 6.54 Å². The molecule has 2 heterocycles. The summed E-state index contributed by atoms with van der Waals surface area (Å²) in [4.78, 5) is 29.8. The molecule has 0 spiro atoms. The first-order chi connectivity index (χ1) is 9.56. The topological polar surface area (TPSA) is 50.3 Å². The monoisotopic (exact) mass is 350 g/mol. The molecule has 0 aliphatic carbocycles. The van der Waals surface area contributed by atoms with E-state index in [0.29, 0.717) is 22.0 Å². The van der Waals surface area contributed by atoms with Crippen molar-refractivity contribution in [3.8, 4) is 0 Å². The third-order valence-corrected chi connectivity index (χ3v) is 3.73. The molecule has 0 unspecified atom stereocenters. The summed E-state index contributed by atoms with van der Waals surface area (Å²) in [7, 11) is 0. The predicted octanol–water partition coefficient (Wildman–Crippen LogP) is 3.29. The third kappa shape index (κ3) is 2.23. The minimum atomic E-state index is -0.312. The maximum Gasteiger partial charge on any atom is 0.261 e. The highest BCUT2D eigenvalue weighted by Gasteiger charge is 2.35. The van der Waals surface area contributed by atoms with E-state index in [1.165, 1.54) is 4.90 Å². The second kappa shape index (κ2) is 5.00. The van der Waals surface area contributed by atoms with Crippen molar-refractivity contribution in [1.82, 2.24) is 9.88 Å². The summed E-state index contributed by atoms with van der Waals surface area (Å²) in [6.45, 7) is 0.116. The van der Waals surface area contributed by atoms with Gasteiger partial charge in [-0.25, -0.2) is 4.98 Å². The molecular weight excluding hydrogens is 344 g/mol. The Kier molecular flexibility index (Phi) is 3.31. The number of carbonyl (C=O) groups is 2. The third-order valence-electron chi connectivity index (χ3n) is 3.03. The van der Waals surface area contributed by atoms with Gasteiger partial charge in [-0.1, -0.05) is 33.6 Å². The van der Waals surface area contributed by atoms with Gasteiger partial charge in [0.25, 0.3) is 11.8 Å². The van der Waals surface area contributed by atoms with E-state index in [2.05, 4.69) is 20.9 Å². The fourth-order valence-corrected chi connectivity index (χ4v) is 2.65. The number of imide groups is 1. The number of rotatable bonds is 2. The van der Waals surface area contributed by atoms with Crippen molar-refractivity contribution in [3.63, 3.8) is 0 Å². The van der Waals surface area contributed by atoms with Gasteiger partial charge < -0.3 is 0 Å². The summed E-state index contributed by atoms with van der Waals surface area (Å²) in [6.07, 6.45) is 0. The van der Waals surface area contributed by atoms with Crippen molar-refractivity contribution >= 4 is 39.3 Å². The Bertz CT molecular complexity index is 733. The predicted molar refractivity (Wildman–Crippen MR) is 77.6 cm³/mol. The van der Waals surface area contributed by atoms with E-state index >= 15 is 0 Å². The smallest absolute Gasteiger partial charge is 0.261 e. The standard InChI is InChI=1S/C14H8BrClN2O2/c15-8-4-5-10-11(6-8)14(20)18(13(10)19)7-9-2-1-3-12(16)17-9/h1-6H,7H2. The second-order valence-corrected chi connectivity index (χ2v) is 5.64. The number of fused-ring (bicyclic) bond motifs is 1. The van der Waals surface area contributed by atoms with Gasteiger partial charge in [0, 0.05) is 4.47 Å². The van der Waals surface area contributed by atoms with Gasteiger partial charge in [0.05, 0.1) is 23.4 Å². The highest BCUT2D eigenvalue weighted by atomic mass is 79.9. The average Bonchev–Trinajstić information content (AvgIpc) is 2.64. The van der Waals surface area contributed by atoms with Crippen LogP contribution in [0.1, 0.15) is 26.4 Å². The quantitative estimate of drug-likeness (QED) is 0.616. The number of halogens is 2. The minimum absolute atomic E-state index is 0.116. The van der Waals surface area contributed by atoms with Crippen molar-refractivity contribution in [2.75, 3.05) is 0 Å². The Morgan fingerprint density at radius 1 is 1.10 bits per heavy atom. The van der Waals surface area contributed by atoms with Gasteiger partial charge >= 0.3 is 0 Å². The minimum Gasteiger partial charge on any atom is -0.269 e. The normalized spacial score (nSPS) is 13.8. The van der Waals surface area contributed by atoms with Crippen molar-refractivity contribution in [1.29, 1.82) is 0 Å². The molecule has 2 amide bonds. The average molecular weight is 352 g/mol. The molecular formula is C14H8BrClN2O2. The number of hydrogen-bond donors (Lipinski definition) is 0. The van der Waals surface area contributed by atoms with Crippen molar-refractivity contribution in [2.24, 2.45) is 0 Å². The Morgan fingerprint density at radius 3 is 2.60 bits per heavy atom. The molecule has 0 radical (unpaired) electrons. The number of benzene rings is 1. The molecule has 100 valence electrons. The molecule has 0 fully saturated rings. The first-order valence-corrected chi connectivity index (χ1v) is 7.00. The van der Waals surface area contributed by atoms with Crippen LogP contribution in [0.15, 0.2) is 40.9 Å². The van der Waals surface area contributed by atoms with Crippen molar-refractivity contribution in [3.05, 3.63) is 62.8 Å². The number of aromatic nitrogens is 1. The van der Waals surface area contributed by atoms with Gasteiger partial charge in [-0.05, 0) is 30.3 Å². The van der Waals surface area contributed by atoms with E-state index in [9.17, 15) is 9.59 Å². The van der Waals surface area contributed by atoms with Crippen LogP contribution in [0.2, 0.25) is 5.15 Å². The number of amides is 2. The van der Waals surface area contributed by atoms with Gasteiger partial charge in [0.2, 0.25) is 0 Å². The Labute approximate surface area is 128 Å². The molecule has 0 atom stereocenters. The molecule has 0 saturated carbocycles.